The zero-order valence-electron chi connectivity index (χ0n) is 16.4. The van der Waals surface area contributed by atoms with Crippen molar-refractivity contribution in [3.8, 4) is 5.75 Å². The minimum atomic E-state index is -0.205. The fourth-order valence-corrected chi connectivity index (χ4v) is 2.24. The lowest BCUT2D eigenvalue weighted by molar-refractivity contribution is -0.118. The monoisotopic (exact) mass is 320 g/mol. The Kier molecular flexibility index (Phi) is 7.13. The van der Waals surface area contributed by atoms with Crippen LogP contribution in [0, 0.1) is 10.8 Å². The lowest BCUT2D eigenvalue weighted by Crippen LogP contribution is -2.30. The molecule has 0 radical (unpaired) electrons. The molecule has 0 aromatic heterocycles. The maximum atomic E-state index is 6.13. The maximum absolute atomic E-state index is 6.13. The third kappa shape index (κ3) is 8.41. The highest BCUT2D eigenvalue weighted by molar-refractivity contribution is 5.29. The Labute approximate surface area is 143 Å². The van der Waals surface area contributed by atoms with E-state index < -0.39 is 0 Å². The second-order valence-corrected chi connectivity index (χ2v) is 9.06. The van der Waals surface area contributed by atoms with Crippen LogP contribution < -0.4 is 4.74 Å². The Bertz CT molecular complexity index is 448. The molecule has 0 saturated heterocycles. The lowest BCUT2D eigenvalue weighted by Gasteiger charge is -2.29. The van der Waals surface area contributed by atoms with Gasteiger partial charge in [-0.1, -0.05) is 67.5 Å². The van der Waals surface area contributed by atoms with Crippen LogP contribution in [0.1, 0.15) is 79.7 Å². The van der Waals surface area contributed by atoms with Crippen LogP contribution in [-0.2, 0) is 4.74 Å². The van der Waals surface area contributed by atoms with E-state index in [4.69, 9.17) is 9.47 Å². The summed E-state index contributed by atoms with van der Waals surface area (Å²) >= 11 is 0. The van der Waals surface area contributed by atoms with E-state index in [2.05, 4.69) is 79.7 Å². The molecule has 2 heteroatoms. The summed E-state index contributed by atoms with van der Waals surface area (Å²) in [6.07, 6.45) is 1.82. The molecular formula is C21H36O2. The van der Waals surface area contributed by atoms with E-state index in [1.807, 2.05) is 0 Å². The molecule has 2 nitrogen and oxygen atoms in total. The predicted octanol–water partition coefficient (Wildman–Crippen LogP) is 6.40. The number of rotatable bonds is 7. The average molecular weight is 321 g/mol. The molecule has 0 bridgehead atoms. The van der Waals surface area contributed by atoms with Crippen LogP contribution in [0.4, 0.5) is 0 Å². The van der Waals surface area contributed by atoms with Gasteiger partial charge in [-0.25, -0.2) is 0 Å². The molecule has 1 aromatic carbocycles. The molecule has 0 aliphatic rings. The summed E-state index contributed by atoms with van der Waals surface area (Å²) < 4.78 is 12.2. The van der Waals surface area contributed by atoms with Crippen LogP contribution in [0.5, 0.6) is 5.75 Å². The number of ether oxygens (including phenoxy) is 2. The SMILES string of the molecule is CCC(C)c1ccc(OC(CC(C)(C)C)OCC(C)(C)C)cc1. The van der Waals surface area contributed by atoms with Gasteiger partial charge in [0.15, 0.2) is 6.29 Å². The third-order valence-electron chi connectivity index (χ3n) is 3.81. The molecule has 23 heavy (non-hydrogen) atoms. The molecule has 0 N–H and O–H groups in total. The summed E-state index contributed by atoms with van der Waals surface area (Å²) in [5, 5.41) is 0. The van der Waals surface area contributed by atoms with Gasteiger partial charge in [0, 0.05) is 6.42 Å². The first-order valence-corrected chi connectivity index (χ1v) is 8.88. The largest absolute Gasteiger partial charge is 0.465 e. The fraction of sp³-hybridized carbons (Fsp3) is 0.714. The van der Waals surface area contributed by atoms with Gasteiger partial charge in [0.1, 0.15) is 5.75 Å². The highest BCUT2D eigenvalue weighted by atomic mass is 16.7. The molecule has 0 amide bonds. The highest BCUT2D eigenvalue weighted by Gasteiger charge is 2.23. The first kappa shape index (κ1) is 20.0. The molecule has 1 aromatic rings. The van der Waals surface area contributed by atoms with Crippen LogP contribution in [-0.4, -0.2) is 12.9 Å². The molecule has 1 rings (SSSR count). The second-order valence-electron chi connectivity index (χ2n) is 9.06. The Hall–Kier alpha value is -1.02. The molecule has 0 fully saturated rings. The number of hydrogen-bond acceptors (Lipinski definition) is 2. The number of benzene rings is 1. The van der Waals surface area contributed by atoms with Crippen molar-refractivity contribution in [1.82, 2.24) is 0 Å². The lowest BCUT2D eigenvalue weighted by atomic mass is 9.92. The maximum Gasteiger partial charge on any atom is 0.200 e. The van der Waals surface area contributed by atoms with Crippen molar-refractivity contribution in [1.29, 1.82) is 0 Å². The normalized spacial score (nSPS) is 15.3. The molecule has 2 unspecified atom stereocenters. The van der Waals surface area contributed by atoms with Crippen molar-refractivity contribution in [2.45, 2.75) is 80.4 Å². The van der Waals surface area contributed by atoms with Crippen LogP contribution in [0.2, 0.25) is 0 Å². The van der Waals surface area contributed by atoms with E-state index in [1.54, 1.807) is 0 Å². The first-order chi connectivity index (χ1) is 10.5. The highest BCUT2D eigenvalue weighted by Crippen LogP contribution is 2.27. The van der Waals surface area contributed by atoms with Gasteiger partial charge in [-0.3, -0.25) is 0 Å². The van der Waals surface area contributed by atoms with Crippen molar-refractivity contribution in [3.63, 3.8) is 0 Å². The zero-order valence-corrected chi connectivity index (χ0v) is 16.4. The second kappa shape index (κ2) is 8.19. The molecule has 0 aliphatic heterocycles. The minimum Gasteiger partial charge on any atom is -0.465 e. The standard InChI is InChI=1S/C21H36O2/c1-9-16(2)17-10-12-18(13-11-17)23-19(14-20(3,4)5)22-15-21(6,7)8/h10-13,16,19H,9,14-15H2,1-8H3. The Morgan fingerprint density at radius 2 is 1.48 bits per heavy atom. The van der Waals surface area contributed by atoms with Gasteiger partial charge in [-0.2, -0.15) is 0 Å². The quantitative estimate of drug-likeness (QED) is 0.541. The number of hydrogen-bond donors (Lipinski definition) is 0. The molecule has 2 atom stereocenters. The average Bonchev–Trinajstić information content (AvgIpc) is 2.42. The van der Waals surface area contributed by atoms with Crippen molar-refractivity contribution in [2.24, 2.45) is 10.8 Å². The molecule has 0 heterocycles. The third-order valence-corrected chi connectivity index (χ3v) is 3.81. The van der Waals surface area contributed by atoms with E-state index in [1.165, 1.54) is 5.56 Å². The van der Waals surface area contributed by atoms with E-state index in [9.17, 15) is 0 Å². The van der Waals surface area contributed by atoms with Crippen molar-refractivity contribution in [3.05, 3.63) is 29.8 Å². The van der Waals surface area contributed by atoms with Crippen LogP contribution in [0.15, 0.2) is 24.3 Å². The Morgan fingerprint density at radius 1 is 0.913 bits per heavy atom. The summed E-state index contributed by atoms with van der Waals surface area (Å²) in [5.74, 6) is 1.48. The summed E-state index contributed by atoms with van der Waals surface area (Å²) in [5.41, 5.74) is 1.67. The van der Waals surface area contributed by atoms with Crippen LogP contribution in [0.3, 0.4) is 0 Å². The minimum absolute atomic E-state index is 0.139. The van der Waals surface area contributed by atoms with Crippen LogP contribution >= 0.6 is 0 Å². The fourth-order valence-electron chi connectivity index (χ4n) is 2.24. The first-order valence-electron chi connectivity index (χ1n) is 8.88. The molecule has 0 saturated carbocycles. The summed E-state index contributed by atoms with van der Waals surface area (Å²) in [6, 6.07) is 8.47. The van der Waals surface area contributed by atoms with Gasteiger partial charge in [0.05, 0.1) is 6.61 Å². The summed E-state index contributed by atoms with van der Waals surface area (Å²) in [7, 11) is 0. The van der Waals surface area contributed by atoms with Crippen molar-refractivity contribution < 1.29 is 9.47 Å². The van der Waals surface area contributed by atoms with Gasteiger partial charge in [0.2, 0.25) is 0 Å². The van der Waals surface area contributed by atoms with Crippen molar-refractivity contribution in [2.75, 3.05) is 6.61 Å². The van der Waals surface area contributed by atoms with Crippen molar-refractivity contribution >= 4 is 0 Å². The summed E-state index contributed by atoms with van der Waals surface area (Å²) in [4.78, 5) is 0. The van der Waals surface area contributed by atoms with E-state index in [0.29, 0.717) is 12.5 Å². The van der Waals surface area contributed by atoms with E-state index >= 15 is 0 Å². The van der Waals surface area contributed by atoms with Gasteiger partial charge >= 0.3 is 0 Å². The van der Waals surface area contributed by atoms with Gasteiger partial charge < -0.3 is 9.47 Å². The Morgan fingerprint density at radius 3 is 1.91 bits per heavy atom. The van der Waals surface area contributed by atoms with Gasteiger partial charge in [-0.15, -0.1) is 0 Å². The van der Waals surface area contributed by atoms with E-state index in [0.717, 1.165) is 18.6 Å². The smallest absolute Gasteiger partial charge is 0.200 e. The molecular weight excluding hydrogens is 284 g/mol. The predicted molar refractivity (Wildman–Crippen MR) is 99.0 cm³/mol. The Balaban J connectivity index is 2.75. The van der Waals surface area contributed by atoms with Crippen LogP contribution in [0.25, 0.3) is 0 Å². The molecule has 0 aliphatic carbocycles. The molecule has 0 spiro atoms. The van der Waals surface area contributed by atoms with Gasteiger partial charge in [-0.05, 0) is 40.9 Å². The van der Waals surface area contributed by atoms with Gasteiger partial charge in [0.25, 0.3) is 0 Å². The molecule has 132 valence electrons. The summed E-state index contributed by atoms with van der Waals surface area (Å²) in [6.45, 7) is 18.4. The van der Waals surface area contributed by atoms with E-state index in [-0.39, 0.29) is 17.1 Å². The zero-order chi connectivity index (χ0) is 17.7. The topological polar surface area (TPSA) is 18.5 Å².